The number of benzene rings is 2. The van der Waals surface area contributed by atoms with E-state index in [-0.39, 0.29) is 11.7 Å². The molecule has 0 atom stereocenters. The van der Waals surface area contributed by atoms with Crippen LogP contribution in [0.1, 0.15) is 5.56 Å². The zero-order valence-corrected chi connectivity index (χ0v) is 14.8. The van der Waals surface area contributed by atoms with Crippen molar-refractivity contribution in [1.82, 2.24) is 0 Å². The minimum atomic E-state index is -0.358. The van der Waals surface area contributed by atoms with Crippen LogP contribution in [0.25, 0.3) is 6.08 Å². The molecule has 25 heavy (non-hydrogen) atoms. The predicted molar refractivity (Wildman–Crippen MR) is 104 cm³/mol. The molecular formula is C19H14FNO2S2. The maximum atomic E-state index is 13.1. The van der Waals surface area contributed by atoms with Crippen molar-refractivity contribution in [2.24, 2.45) is 0 Å². The Balaban J connectivity index is 1.80. The van der Waals surface area contributed by atoms with Crippen molar-refractivity contribution in [3.05, 3.63) is 77.5 Å². The van der Waals surface area contributed by atoms with E-state index < -0.39 is 0 Å². The number of thiocarbonyl (C=S) groups is 1. The number of carbonyl (C=O) groups is 1. The Hall–Kier alpha value is -2.44. The number of hydrogen-bond acceptors (Lipinski definition) is 4. The molecule has 1 aliphatic rings. The van der Waals surface area contributed by atoms with Crippen LogP contribution in [0.5, 0.6) is 5.75 Å². The van der Waals surface area contributed by atoms with Crippen LogP contribution >= 0.6 is 24.0 Å². The molecule has 126 valence electrons. The van der Waals surface area contributed by atoms with Crippen LogP contribution < -0.4 is 9.64 Å². The van der Waals surface area contributed by atoms with E-state index in [9.17, 15) is 9.18 Å². The zero-order chi connectivity index (χ0) is 17.8. The number of anilines is 1. The number of ether oxygens (including phenoxy) is 1. The van der Waals surface area contributed by atoms with Gasteiger partial charge < -0.3 is 4.74 Å². The molecule has 3 rings (SSSR count). The van der Waals surface area contributed by atoms with Crippen molar-refractivity contribution in [3.8, 4) is 5.75 Å². The fourth-order valence-electron chi connectivity index (χ4n) is 2.25. The highest BCUT2D eigenvalue weighted by atomic mass is 32.2. The van der Waals surface area contributed by atoms with Crippen LogP contribution in [0.3, 0.4) is 0 Å². The summed E-state index contributed by atoms with van der Waals surface area (Å²) in [5, 5.41) is 0. The number of nitrogens with zero attached hydrogens (tertiary/aromatic N) is 1. The first-order valence-corrected chi connectivity index (χ1v) is 8.68. The van der Waals surface area contributed by atoms with Gasteiger partial charge >= 0.3 is 0 Å². The van der Waals surface area contributed by atoms with Crippen LogP contribution in [-0.2, 0) is 4.79 Å². The molecule has 0 aromatic heterocycles. The van der Waals surface area contributed by atoms with Crippen molar-refractivity contribution >= 4 is 46.0 Å². The Bertz CT molecular complexity index is 845. The number of hydrogen-bond donors (Lipinski definition) is 0. The Labute approximate surface area is 154 Å². The maximum absolute atomic E-state index is 13.1. The van der Waals surface area contributed by atoms with Gasteiger partial charge in [0.25, 0.3) is 5.91 Å². The number of thioether (sulfide) groups is 1. The smallest absolute Gasteiger partial charge is 0.270 e. The Morgan fingerprint density at radius 3 is 2.48 bits per heavy atom. The minimum absolute atomic E-state index is 0.214. The zero-order valence-electron chi connectivity index (χ0n) is 13.1. The van der Waals surface area contributed by atoms with Gasteiger partial charge in [-0.1, -0.05) is 48.8 Å². The van der Waals surface area contributed by atoms with Gasteiger partial charge in [-0.05, 0) is 48.0 Å². The summed E-state index contributed by atoms with van der Waals surface area (Å²) in [6.45, 7) is 4.04. The molecular weight excluding hydrogens is 357 g/mol. The Morgan fingerprint density at radius 1 is 1.16 bits per heavy atom. The van der Waals surface area contributed by atoms with Crippen molar-refractivity contribution in [1.29, 1.82) is 0 Å². The van der Waals surface area contributed by atoms with Crippen LogP contribution in [0.2, 0.25) is 0 Å². The molecule has 1 fully saturated rings. The van der Waals surface area contributed by atoms with Crippen molar-refractivity contribution in [3.63, 3.8) is 0 Å². The SMILES string of the molecule is C=CCOc1ccc(/C=C2/SC(=S)N(c3ccc(F)cc3)C2=O)cc1. The highest BCUT2D eigenvalue weighted by molar-refractivity contribution is 8.27. The molecule has 0 radical (unpaired) electrons. The van der Waals surface area contributed by atoms with E-state index in [2.05, 4.69) is 6.58 Å². The van der Waals surface area contributed by atoms with E-state index in [4.69, 9.17) is 17.0 Å². The van der Waals surface area contributed by atoms with Crippen LogP contribution in [0, 0.1) is 5.82 Å². The van der Waals surface area contributed by atoms with Gasteiger partial charge in [0, 0.05) is 0 Å². The molecule has 6 heteroatoms. The summed E-state index contributed by atoms with van der Waals surface area (Å²) in [7, 11) is 0. The molecule has 0 saturated carbocycles. The fourth-order valence-corrected chi connectivity index (χ4v) is 3.55. The highest BCUT2D eigenvalue weighted by Gasteiger charge is 2.33. The van der Waals surface area contributed by atoms with Gasteiger partial charge in [0.05, 0.1) is 10.6 Å². The van der Waals surface area contributed by atoms with Crippen molar-refractivity contribution in [2.75, 3.05) is 11.5 Å². The van der Waals surface area contributed by atoms with E-state index in [0.29, 0.717) is 21.5 Å². The molecule has 0 spiro atoms. The van der Waals surface area contributed by atoms with Gasteiger partial charge in [-0.3, -0.25) is 9.69 Å². The third kappa shape index (κ3) is 3.97. The Kier molecular flexibility index (Phi) is 5.31. The second-order valence-corrected chi connectivity index (χ2v) is 6.84. The number of amides is 1. The van der Waals surface area contributed by atoms with Gasteiger partial charge in [0.2, 0.25) is 0 Å². The lowest BCUT2D eigenvalue weighted by Crippen LogP contribution is -2.27. The molecule has 2 aromatic rings. The first-order valence-electron chi connectivity index (χ1n) is 7.46. The molecule has 1 heterocycles. The van der Waals surface area contributed by atoms with Gasteiger partial charge in [-0.25, -0.2) is 4.39 Å². The lowest BCUT2D eigenvalue weighted by Gasteiger charge is -2.14. The first kappa shape index (κ1) is 17.4. The average molecular weight is 371 g/mol. The lowest BCUT2D eigenvalue weighted by molar-refractivity contribution is -0.113. The summed E-state index contributed by atoms with van der Waals surface area (Å²) in [5.74, 6) is 0.160. The third-order valence-corrected chi connectivity index (χ3v) is 4.73. The summed E-state index contributed by atoms with van der Waals surface area (Å²) >= 11 is 6.52. The lowest BCUT2D eigenvalue weighted by atomic mass is 10.2. The number of halogens is 1. The third-order valence-electron chi connectivity index (χ3n) is 3.42. The first-order chi connectivity index (χ1) is 12.1. The maximum Gasteiger partial charge on any atom is 0.270 e. The van der Waals surface area contributed by atoms with Crippen molar-refractivity contribution in [2.45, 2.75) is 0 Å². The van der Waals surface area contributed by atoms with Gasteiger partial charge in [0.1, 0.15) is 18.2 Å². The van der Waals surface area contributed by atoms with Crippen LogP contribution in [0.15, 0.2) is 66.1 Å². The molecule has 1 amide bonds. The van der Waals surface area contributed by atoms with E-state index in [1.165, 1.54) is 40.9 Å². The van der Waals surface area contributed by atoms with Gasteiger partial charge in [-0.15, -0.1) is 0 Å². The summed E-state index contributed by atoms with van der Waals surface area (Å²) in [5.41, 5.74) is 1.42. The van der Waals surface area contributed by atoms with Crippen LogP contribution in [0.4, 0.5) is 10.1 Å². The second-order valence-electron chi connectivity index (χ2n) is 5.16. The summed E-state index contributed by atoms with van der Waals surface area (Å²) < 4.78 is 18.9. The van der Waals surface area contributed by atoms with E-state index in [1.807, 2.05) is 24.3 Å². The fraction of sp³-hybridized carbons (Fsp3) is 0.0526. The molecule has 1 saturated heterocycles. The summed E-state index contributed by atoms with van der Waals surface area (Å²) in [6, 6.07) is 13.1. The standard InChI is InChI=1S/C19H14FNO2S2/c1-2-11-23-16-9-3-13(4-10-16)12-17-18(22)21(19(24)25-17)15-7-5-14(20)6-8-15/h2-10,12H,1,11H2/b17-12+. The van der Waals surface area contributed by atoms with E-state index >= 15 is 0 Å². The molecule has 0 aliphatic carbocycles. The summed E-state index contributed by atoms with van der Waals surface area (Å²) in [6.07, 6.45) is 3.45. The Morgan fingerprint density at radius 2 is 1.84 bits per heavy atom. The average Bonchev–Trinajstić information content (AvgIpc) is 2.89. The second kappa shape index (κ2) is 7.63. The predicted octanol–water partition coefficient (Wildman–Crippen LogP) is 4.80. The van der Waals surface area contributed by atoms with Gasteiger partial charge in [0.15, 0.2) is 4.32 Å². The van der Waals surface area contributed by atoms with Gasteiger partial charge in [-0.2, -0.15) is 0 Å². The van der Waals surface area contributed by atoms with Crippen LogP contribution in [-0.4, -0.2) is 16.8 Å². The molecule has 3 nitrogen and oxygen atoms in total. The largest absolute Gasteiger partial charge is 0.490 e. The highest BCUT2D eigenvalue weighted by Crippen LogP contribution is 2.36. The monoisotopic (exact) mass is 371 g/mol. The van der Waals surface area contributed by atoms with E-state index in [1.54, 1.807) is 12.2 Å². The summed E-state index contributed by atoms with van der Waals surface area (Å²) in [4.78, 5) is 14.6. The molecule has 2 aromatic carbocycles. The van der Waals surface area contributed by atoms with E-state index in [0.717, 1.165) is 11.3 Å². The molecule has 1 aliphatic heterocycles. The number of rotatable bonds is 5. The quantitative estimate of drug-likeness (QED) is 0.429. The normalized spacial score (nSPS) is 15.7. The molecule has 0 unspecified atom stereocenters. The van der Waals surface area contributed by atoms with Crippen molar-refractivity contribution < 1.29 is 13.9 Å². The molecule has 0 bridgehead atoms. The topological polar surface area (TPSA) is 29.5 Å². The molecule has 0 N–H and O–H groups in total. The number of carbonyl (C=O) groups excluding carboxylic acids is 1. The minimum Gasteiger partial charge on any atom is -0.490 e.